The van der Waals surface area contributed by atoms with E-state index < -0.39 is 49.5 Å². The fourth-order valence-corrected chi connectivity index (χ4v) is 3.39. The van der Waals surface area contributed by atoms with Gasteiger partial charge in [0.2, 0.25) is 10.0 Å². The molecule has 0 aliphatic heterocycles. The molecule has 1 aromatic carbocycles. The zero-order chi connectivity index (χ0) is 15.7. The van der Waals surface area contributed by atoms with Crippen LogP contribution in [-0.2, 0) is 14.8 Å². The molecular formula is C11H12ClF2NO4S. The van der Waals surface area contributed by atoms with Crippen LogP contribution in [0.5, 0.6) is 0 Å². The Hall–Kier alpha value is -1.25. The molecule has 2 N–H and O–H groups in total. The molecule has 20 heavy (non-hydrogen) atoms. The van der Waals surface area contributed by atoms with E-state index in [1.807, 2.05) is 0 Å². The van der Waals surface area contributed by atoms with Crippen LogP contribution in [0.25, 0.3) is 0 Å². The monoisotopic (exact) mass is 327 g/mol. The van der Waals surface area contributed by atoms with Gasteiger partial charge in [-0.1, -0.05) is 25.4 Å². The molecule has 0 saturated carbocycles. The number of rotatable bonds is 5. The Morgan fingerprint density at radius 1 is 1.35 bits per heavy atom. The number of hydrogen-bond acceptors (Lipinski definition) is 3. The summed E-state index contributed by atoms with van der Waals surface area (Å²) < 4.78 is 52.4. The zero-order valence-corrected chi connectivity index (χ0v) is 12.1. The van der Waals surface area contributed by atoms with Crippen LogP contribution in [0, 0.1) is 17.6 Å². The molecule has 0 bridgehead atoms. The van der Waals surface area contributed by atoms with Crippen molar-refractivity contribution in [2.75, 3.05) is 0 Å². The number of carboxylic acid groups (broad SMARTS) is 1. The molecule has 112 valence electrons. The zero-order valence-electron chi connectivity index (χ0n) is 10.5. The standard InChI is InChI=1S/C11H12ClF2NO4S/c1-5(2)9(11(16)17)15-20(18,19)10-6(12)3-4-7(13)8(10)14/h3-5,9,15H,1-2H3,(H,16,17). The molecule has 0 fully saturated rings. The van der Waals surface area contributed by atoms with Crippen molar-refractivity contribution in [3.63, 3.8) is 0 Å². The third-order valence-corrected chi connectivity index (χ3v) is 4.41. The normalized spacial score (nSPS) is 13.5. The number of carboxylic acids is 1. The van der Waals surface area contributed by atoms with Crippen LogP contribution in [0.2, 0.25) is 5.02 Å². The first-order chi connectivity index (χ1) is 9.08. The summed E-state index contributed by atoms with van der Waals surface area (Å²) in [6, 6.07) is 0.0618. The van der Waals surface area contributed by atoms with Crippen LogP contribution in [-0.4, -0.2) is 25.5 Å². The first kappa shape index (κ1) is 16.8. The highest BCUT2D eigenvalue weighted by molar-refractivity contribution is 7.89. The smallest absolute Gasteiger partial charge is 0.322 e. The molecule has 9 heteroatoms. The minimum atomic E-state index is -4.61. The average Bonchev–Trinajstić information content (AvgIpc) is 2.30. The van der Waals surface area contributed by atoms with Crippen molar-refractivity contribution in [3.8, 4) is 0 Å². The van der Waals surface area contributed by atoms with Crippen molar-refractivity contribution in [1.82, 2.24) is 4.72 Å². The molecule has 0 spiro atoms. The highest BCUT2D eigenvalue weighted by atomic mass is 35.5. The highest BCUT2D eigenvalue weighted by Gasteiger charge is 2.32. The van der Waals surface area contributed by atoms with E-state index in [0.29, 0.717) is 6.07 Å². The second kappa shape index (κ2) is 6.02. The van der Waals surface area contributed by atoms with Gasteiger partial charge in [0.1, 0.15) is 10.9 Å². The van der Waals surface area contributed by atoms with E-state index in [-0.39, 0.29) is 0 Å². The molecule has 5 nitrogen and oxygen atoms in total. The second-order valence-corrected chi connectivity index (χ2v) is 6.41. The SMILES string of the molecule is CC(C)C(NS(=O)(=O)c1c(Cl)ccc(F)c1F)C(=O)O. The number of halogens is 3. The van der Waals surface area contributed by atoms with Gasteiger partial charge >= 0.3 is 5.97 Å². The number of nitrogens with one attached hydrogen (secondary N) is 1. The highest BCUT2D eigenvalue weighted by Crippen LogP contribution is 2.26. The molecule has 1 unspecified atom stereocenters. The Kier molecular flexibility index (Phi) is 5.06. The van der Waals surface area contributed by atoms with Gasteiger partial charge in [0.25, 0.3) is 0 Å². The summed E-state index contributed by atoms with van der Waals surface area (Å²) in [7, 11) is -4.61. The van der Waals surface area contributed by atoms with E-state index in [1.54, 1.807) is 4.72 Å². The summed E-state index contributed by atoms with van der Waals surface area (Å²) in [6.07, 6.45) is 0. The van der Waals surface area contributed by atoms with E-state index >= 15 is 0 Å². The second-order valence-electron chi connectivity index (χ2n) is 4.35. The maximum absolute atomic E-state index is 13.6. The lowest BCUT2D eigenvalue weighted by Crippen LogP contribution is -2.44. The van der Waals surface area contributed by atoms with Crippen LogP contribution in [0.15, 0.2) is 17.0 Å². The molecule has 1 aromatic rings. The molecule has 0 heterocycles. The maximum Gasteiger partial charge on any atom is 0.322 e. The summed E-state index contributed by atoms with van der Waals surface area (Å²) in [5.41, 5.74) is 0. The summed E-state index contributed by atoms with van der Waals surface area (Å²) in [4.78, 5) is 9.85. The van der Waals surface area contributed by atoms with Gasteiger partial charge in [0.15, 0.2) is 11.6 Å². The molecule has 0 amide bonds. The summed E-state index contributed by atoms with van der Waals surface area (Å²) in [5.74, 6) is -5.08. The van der Waals surface area contributed by atoms with E-state index in [1.165, 1.54) is 13.8 Å². The number of carbonyl (C=O) groups is 1. The molecule has 0 radical (unpaired) electrons. The van der Waals surface area contributed by atoms with Gasteiger partial charge in [-0.3, -0.25) is 4.79 Å². The number of sulfonamides is 1. The van der Waals surface area contributed by atoms with E-state index in [9.17, 15) is 22.0 Å². The molecule has 0 aromatic heterocycles. The van der Waals surface area contributed by atoms with Crippen LogP contribution in [0.4, 0.5) is 8.78 Å². The Labute approximate surface area is 119 Å². The van der Waals surface area contributed by atoms with Gasteiger partial charge in [-0.05, 0) is 18.1 Å². The molecular weight excluding hydrogens is 316 g/mol. The molecule has 1 rings (SSSR count). The van der Waals surface area contributed by atoms with Gasteiger partial charge in [-0.2, -0.15) is 4.72 Å². The van der Waals surface area contributed by atoms with E-state index in [0.717, 1.165) is 6.07 Å². The van der Waals surface area contributed by atoms with Crippen LogP contribution < -0.4 is 4.72 Å². The fraction of sp³-hybridized carbons (Fsp3) is 0.364. The van der Waals surface area contributed by atoms with Crippen LogP contribution in [0.3, 0.4) is 0 Å². The lowest BCUT2D eigenvalue weighted by Gasteiger charge is -2.18. The van der Waals surface area contributed by atoms with E-state index in [2.05, 4.69) is 0 Å². The Morgan fingerprint density at radius 2 is 1.90 bits per heavy atom. The summed E-state index contributed by atoms with van der Waals surface area (Å²) in [5, 5.41) is 8.38. The fourth-order valence-electron chi connectivity index (χ4n) is 1.45. The molecule has 1 atom stereocenters. The van der Waals surface area contributed by atoms with Crippen LogP contribution >= 0.6 is 11.6 Å². The summed E-state index contributed by atoms with van der Waals surface area (Å²) in [6.45, 7) is 2.93. The van der Waals surface area contributed by atoms with Crippen LogP contribution in [0.1, 0.15) is 13.8 Å². The number of benzene rings is 1. The van der Waals surface area contributed by atoms with Crippen molar-refractivity contribution in [1.29, 1.82) is 0 Å². The van der Waals surface area contributed by atoms with Crippen molar-refractivity contribution in [2.45, 2.75) is 24.8 Å². The first-order valence-corrected chi connectivity index (χ1v) is 7.32. The predicted molar refractivity (Wildman–Crippen MR) is 68.0 cm³/mol. The first-order valence-electron chi connectivity index (χ1n) is 5.46. The van der Waals surface area contributed by atoms with Crippen molar-refractivity contribution >= 4 is 27.6 Å². The minimum Gasteiger partial charge on any atom is -0.480 e. The van der Waals surface area contributed by atoms with Crippen molar-refractivity contribution in [3.05, 3.63) is 28.8 Å². The topological polar surface area (TPSA) is 83.5 Å². The van der Waals surface area contributed by atoms with Gasteiger partial charge < -0.3 is 5.11 Å². The third-order valence-electron chi connectivity index (χ3n) is 2.49. The Balaban J connectivity index is 3.31. The van der Waals surface area contributed by atoms with Crippen molar-refractivity contribution in [2.24, 2.45) is 5.92 Å². The predicted octanol–water partition coefficient (Wildman–Crippen LogP) is 2.01. The van der Waals surface area contributed by atoms with E-state index in [4.69, 9.17) is 16.7 Å². The lowest BCUT2D eigenvalue weighted by molar-refractivity contribution is -0.140. The van der Waals surface area contributed by atoms with Crippen molar-refractivity contribution < 1.29 is 27.1 Å². The lowest BCUT2D eigenvalue weighted by atomic mass is 10.1. The largest absolute Gasteiger partial charge is 0.480 e. The Bertz CT molecular complexity index is 634. The Morgan fingerprint density at radius 3 is 2.35 bits per heavy atom. The van der Waals surface area contributed by atoms with Gasteiger partial charge in [-0.25, -0.2) is 17.2 Å². The van der Waals surface area contributed by atoms with Gasteiger partial charge in [-0.15, -0.1) is 0 Å². The average molecular weight is 328 g/mol. The van der Waals surface area contributed by atoms with Gasteiger partial charge in [0.05, 0.1) is 5.02 Å². The maximum atomic E-state index is 13.6. The van der Waals surface area contributed by atoms with Gasteiger partial charge in [0, 0.05) is 0 Å². The number of aliphatic carboxylic acids is 1. The number of hydrogen-bond donors (Lipinski definition) is 2. The molecule has 0 saturated heterocycles. The summed E-state index contributed by atoms with van der Waals surface area (Å²) >= 11 is 5.56. The minimum absolute atomic E-state index is 0.538. The quantitative estimate of drug-likeness (QED) is 0.810. The third kappa shape index (κ3) is 3.44. The molecule has 0 aliphatic rings. The molecule has 0 aliphatic carbocycles.